The van der Waals surface area contributed by atoms with Crippen LogP contribution in [0.15, 0.2) is 65.6 Å². The number of benzene rings is 2. The molecule has 2 aliphatic rings. The monoisotopic (exact) mass is 520 g/mol. The predicted molar refractivity (Wildman–Crippen MR) is 129 cm³/mol. The van der Waals surface area contributed by atoms with Crippen LogP contribution in [0.3, 0.4) is 0 Å². The normalized spacial score (nSPS) is 19.1. The van der Waals surface area contributed by atoms with Gasteiger partial charge in [0.1, 0.15) is 5.82 Å². The molecular formula is C25H29FN2O7S. The van der Waals surface area contributed by atoms with E-state index in [4.69, 9.17) is 14.9 Å². The van der Waals surface area contributed by atoms with Crippen molar-refractivity contribution >= 4 is 22.0 Å². The Bertz CT molecular complexity index is 1150. The van der Waals surface area contributed by atoms with E-state index in [1.165, 1.54) is 12.1 Å². The Morgan fingerprint density at radius 2 is 1.53 bits per heavy atom. The van der Waals surface area contributed by atoms with E-state index >= 15 is 0 Å². The average molecular weight is 521 g/mol. The highest BCUT2D eigenvalue weighted by Crippen LogP contribution is 2.36. The smallest absolute Gasteiger partial charge is 0.328 e. The second kappa shape index (κ2) is 12.7. The number of nitrogens with zero attached hydrogens (tertiary/aromatic N) is 2. The molecule has 2 saturated heterocycles. The molecule has 0 aromatic heterocycles. The molecule has 0 spiro atoms. The van der Waals surface area contributed by atoms with Gasteiger partial charge in [-0.05, 0) is 48.2 Å². The van der Waals surface area contributed by atoms with Crippen molar-refractivity contribution in [1.29, 1.82) is 0 Å². The van der Waals surface area contributed by atoms with Crippen molar-refractivity contribution in [2.24, 2.45) is 0 Å². The fourth-order valence-corrected chi connectivity index (χ4v) is 5.79. The Labute approximate surface area is 209 Å². The van der Waals surface area contributed by atoms with Gasteiger partial charge in [-0.1, -0.05) is 24.3 Å². The van der Waals surface area contributed by atoms with Crippen molar-refractivity contribution in [2.45, 2.75) is 30.3 Å². The number of ether oxygens (including phenoxy) is 1. The maximum Gasteiger partial charge on any atom is 0.328 e. The summed E-state index contributed by atoms with van der Waals surface area (Å²) < 4.78 is 46.6. The van der Waals surface area contributed by atoms with Gasteiger partial charge in [-0.25, -0.2) is 22.4 Å². The zero-order chi connectivity index (χ0) is 26.1. The fraction of sp³-hybridized carbons (Fsp3) is 0.360. The number of carboxylic acid groups (broad SMARTS) is 2. The van der Waals surface area contributed by atoms with E-state index in [0.29, 0.717) is 23.6 Å². The summed E-state index contributed by atoms with van der Waals surface area (Å²) in [4.78, 5) is 21.7. The number of aliphatic carboxylic acids is 2. The minimum Gasteiger partial charge on any atom is -0.478 e. The molecule has 1 atom stereocenters. The van der Waals surface area contributed by atoms with Crippen LogP contribution in [0.4, 0.5) is 4.39 Å². The molecule has 2 aromatic carbocycles. The van der Waals surface area contributed by atoms with Gasteiger partial charge in [0, 0.05) is 38.3 Å². The molecule has 0 amide bonds. The van der Waals surface area contributed by atoms with Gasteiger partial charge in [-0.2, -0.15) is 4.31 Å². The molecule has 2 aromatic rings. The second-order valence-corrected chi connectivity index (χ2v) is 10.3. The minimum atomic E-state index is -3.59. The molecule has 194 valence electrons. The average Bonchev–Trinajstić information content (AvgIpc) is 3.36. The van der Waals surface area contributed by atoms with Crippen molar-refractivity contribution in [1.82, 2.24) is 9.21 Å². The first-order valence-electron chi connectivity index (χ1n) is 11.5. The molecule has 9 nitrogen and oxygen atoms in total. The summed E-state index contributed by atoms with van der Waals surface area (Å²) >= 11 is 0. The van der Waals surface area contributed by atoms with Crippen LogP contribution in [0, 0.1) is 5.82 Å². The van der Waals surface area contributed by atoms with E-state index in [2.05, 4.69) is 4.90 Å². The van der Waals surface area contributed by atoms with Crippen molar-refractivity contribution in [3.63, 3.8) is 0 Å². The summed E-state index contributed by atoms with van der Waals surface area (Å²) in [5.41, 5.74) is 1.93. The van der Waals surface area contributed by atoms with Gasteiger partial charge in [0.2, 0.25) is 10.0 Å². The van der Waals surface area contributed by atoms with Crippen molar-refractivity contribution in [3.05, 3.63) is 77.6 Å². The van der Waals surface area contributed by atoms with Crippen LogP contribution in [-0.2, 0) is 30.9 Å². The molecule has 0 aliphatic carbocycles. The molecular weight excluding hydrogens is 491 g/mol. The molecule has 2 heterocycles. The van der Waals surface area contributed by atoms with Crippen LogP contribution in [-0.4, -0.2) is 72.6 Å². The number of carbonyl (C=O) groups is 2. The van der Waals surface area contributed by atoms with E-state index < -0.39 is 22.0 Å². The molecule has 2 N–H and O–H groups in total. The summed E-state index contributed by atoms with van der Waals surface area (Å²) in [5, 5.41) is 15.6. The summed E-state index contributed by atoms with van der Waals surface area (Å²) in [6.45, 7) is 4.56. The lowest BCUT2D eigenvalue weighted by Gasteiger charge is -2.27. The first kappa shape index (κ1) is 27.5. The van der Waals surface area contributed by atoms with Crippen LogP contribution in [0.2, 0.25) is 0 Å². The number of hydrogen-bond acceptors (Lipinski definition) is 6. The van der Waals surface area contributed by atoms with Crippen molar-refractivity contribution in [3.8, 4) is 0 Å². The summed E-state index contributed by atoms with van der Waals surface area (Å²) in [6.07, 6.45) is 2.67. The number of sulfonamides is 1. The Hall–Kier alpha value is -3.12. The minimum absolute atomic E-state index is 0.237. The quantitative estimate of drug-likeness (QED) is 0.534. The maximum absolute atomic E-state index is 13.2. The number of hydrogen-bond donors (Lipinski definition) is 2. The predicted octanol–water partition coefficient (Wildman–Crippen LogP) is 2.90. The number of halogens is 1. The number of rotatable bonds is 7. The van der Waals surface area contributed by atoms with Gasteiger partial charge >= 0.3 is 11.9 Å². The van der Waals surface area contributed by atoms with E-state index in [1.54, 1.807) is 28.6 Å². The lowest BCUT2D eigenvalue weighted by Crippen LogP contribution is -2.35. The third-order valence-corrected chi connectivity index (χ3v) is 7.79. The van der Waals surface area contributed by atoms with Crippen LogP contribution in [0.5, 0.6) is 0 Å². The van der Waals surface area contributed by atoms with Crippen LogP contribution >= 0.6 is 0 Å². The summed E-state index contributed by atoms with van der Waals surface area (Å²) in [5.74, 6) is -2.83. The first-order chi connectivity index (χ1) is 17.2. The van der Waals surface area contributed by atoms with E-state index in [-0.39, 0.29) is 11.9 Å². The molecule has 4 rings (SSSR count). The summed E-state index contributed by atoms with van der Waals surface area (Å²) in [6, 6.07) is 13.1. The molecule has 0 radical (unpaired) electrons. The largest absolute Gasteiger partial charge is 0.478 e. The van der Waals surface area contributed by atoms with Crippen molar-refractivity contribution < 1.29 is 37.3 Å². The maximum atomic E-state index is 13.2. The van der Waals surface area contributed by atoms with Gasteiger partial charge in [-0.3, -0.25) is 4.90 Å². The molecule has 0 bridgehead atoms. The summed E-state index contributed by atoms with van der Waals surface area (Å²) in [7, 11) is -3.59. The van der Waals surface area contributed by atoms with E-state index in [1.807, 2.05) is 12.1 Å². The Morgan fingerprint density at radius 1 is 0.944 bits per heavy atom. The van der Waals surface area contributed by atoms with Gasteiger partial charge in [0.15, 0.2) is 0 Å². The fourth-order valence-electron chi connectivity index (χ4n) is 4.11. The van der Waals surface area contributed by atoms with Gasteiger partial charge < -0.3 is 14.9 Å². The zero-order valence-corrected chi connectivity index (χ0v) is 20.4. The van der Waals surface area contributed by atoms with Gasteiger partial charge in [0.25, 0.3) is 0 Å². The lowest BCUT2D eigenvalue weighted by molar-refractivity contribution is -0.134. The highest BCUT2D eigenvalue weighted by molar-refractivity contribution is 7.89. The molecule has 11 heteroatoms. The third kappa shape index (κ3) is 7.69. The highest BCUT2D eigenvalue weighted by atomic mass is 32.2. The molecule has 2 aliphatic heterocycles. The molecule has 36 heavy (non-hydrogen) atoms. The molecule has 1 unspecified atom stereocenters. The Kier molecular flexibility index (Phi) is 9.71. The lowest BCUT2D eigenvalue weighted by atomic mass is 10.1. The number of carboxylic acids is 2. The van der Waals surface area contributed by atoms with Gasteiger partial charge in [0.05, 0.1) is 24.2 Å². The van der Waals surface area contributed by atoms with Crippen LogP contribution in [0.1, 0.15) is 30.0 Å². The second-order valence-electron chi connectivity index (χ2n) is 8.37. The molecule has 0 saturated carbocycles. The Morgan fingerprint density at radius 3 is 2.08 bits per heavy atom. The van der Waals surface area contributed by atoms with Crippen LogP contribution < -0.4 is 0 Å². The SMILES string of the molecule is O=C(O)C=CC(=O)O.O=S(=O)(c1ccc(CN2CCOCC2)cc1)N1CCCC1c1ccc(F)cc1. The highest BCUT2D eigenvalue weighted by Gasteiger charge is 2.36. The zero-order valence-electron chi connectivity index (χ0n) is 19.6. The number of morpholine rings is 1. The topological polar surface area (TPSA) is 124 Å². The van der Waals surface area contributed by atoms with Crippen LogP contribution in [0.25, 0.3) is 0 Å². The first-order valence-corrected chi connectivity index (χ1v) is 12.9. The molecule has 2 fully saturated rings. The Balaban J connectivity index is 0.000000392. The third-order valence-electron chi connectivity index (χ3n) is 5.87. The van der Waals surface area contributed by atoms with Gasteiger partial charge in [-0.15, -0.1) is 0 Å². The van der Waals surface area contributed by atoms with E-state index in [0.717, 1.165) is 56.8 Å². The van der Waals surface area contributed by atoms with Crippen molar-refractivity contribution in [2.75, 3.05) is 32.8 Å². The van der Waals surface area contributed by atoms with E-state index in [9.17, 15) is 22.4 Å². The standard InChI is InChI=1S/C21H25FN2O3S.C4H4O4/c22-19-7-5-18(6-8-19)21-2-1-11-24(21)28(25,26)20-9-3-17(4-10-20)16-23-12-14-27-15-13-23;5-3(6)1-2-4(7)8/h3-10,21H,1-2,11-16H2;1-2H,(H,5,6)(H,7,8).